The Labute approximate surface area is 84.7 Å². The minimum Gasteiger partial charge on any atom is -0.508 e. The number of rotatable bonds is 4. The second kappa shape index (κ2) is 4.86. The fourth-order valence-electron chi connectivity index (χ4n) is 1.32. The molecule has 1 rings (SSSR count). The van der Waals surface area contributed by atoms with E-state index in [9.17, 15) is 5.11 Å². The highest BCUT2D eigenvalue weighted by Crippen LogP contribution is 2.20. The van der Waals surface area contributed by atoms with Gasteiger partial charge >= 0.3 is 0 Å². The van der Waals surface area contributed by atoms with Crippen LogP contribution in [0.3, 0.4) is 0 Å². The average Bonchev–Trinajstić information content (AvgIpc) is 2.12. The summed E-state index contributed by atoms with van der Waals surface area (Å²) in [4.78, 5) is 0. The van der Waals surface area contributed by atoms with Crippen molar-refractivity contribution in [3.63, 3.8) is 0 Å². The molecule has 0 spiro atoms. The largest absolute Gasteiger partial charge is 0.508 e. The zero-order valence-electron chi connectivity index (χ0n) is 8.87. The van der Waals surface area contributed by atoms with Crippen LogP contribution in [0.4, 0.5) is 5.69 Å². The fraction of sp³-hybridized carbons (Fsp3) is 0.455. The Hall–Kier alpha value is -1.22. The Morgan fingerprint density at radius 1 is 1.50 bits per heavy atom. The molecule has 14 heavy (non-hydrogen) atoms. The van der Waals surface area contributed by atoms with Gasteiger partial charge in [0.25, 0.3) is 0 Å². The Morgan fingerprint density at radius 3 is 2.79 bits per heavy atom. The SMILES string of the molecule is COCC(C)Nc1ccc(O)c(C)c1. The maximum absolute atomic E-state index is 9.33. The molecular formula is C11H17NO2. The number of phenols is 1. The highest BCUT2D eigenvalue weighted by atomic mass is 16.5. The molecule has 0 amide bonds. The molecule has 78 valence electrons. The van der Waals surface area contributed by atoms with Crippen molar-refractivity contribution in [3.8, 4) is 5.75 Å². The van der Waals surface area contributed by atoms with Gasteiger partial charge in [-0.1, -0.05) is 0 Å². The number of hydrogen-bond acceptors (Lipinski definition) is 3. The van der Waals surface area contributed by atoms with Crippen molar-refractivity contribution in [1.82, 2.24) is 0 Å². The minimum absolute atomic E-state index is 0.268. The van der Waals surface area contributed by atoms with Crippen LogP contribution in [0.5, 0.6) is 5.75 Å². The molecule has 3 nitrogen and oxygen atoms in total. The third kappa shape index (κ3) is 2.92. The zero-order valence-corrected chi connectivity index (χ0v) is 8.87. The molecule has 0 bridgehead atoms. The summed E-state index contributed by atoms with van der Waals surface area (Å²) in [5.41, 5.74) is 1.88. The van der Waals surface area contributed by atoms with Gasteiger partial charge in [0, 0.05) is 18.8 Å². The predicted molar refractivity (Wildman–Crippen MR) is 57.8 cm³/mol. The number of phenolic OH excluding ortho intramolecular Hbond substituents is 1. The Bertz CT molecular complexity index is 299. The van der Waals surface area contributed by atoms with E-state index in [1.165, 1.54) is 0 Å². The molecule has 1 aromatic rings. The second-order valence-corrected chi connectivity index (χ2v) is 3.50. The van der Waals surface area contributed by atoms with Gasteiger partial charge in [0.2, 0.25) is 0 Å². The van der Waals surface area contributed by atoms with Crippen molar-refractivity contribution < 1.29 is 9.84 Å². The van der Waals surface area contributed by atoms with E-state index in [4.69, 9.17) is 4.74 Å². The lowest BCUT2D eigenvalue weighted by molar-refractivity contribution is 0.190. The van der Waals surface area contributed by atoms with Gasteiger partial charge in [-0.25, -0.2) is 0 Å². The number of benzene rings is 1. The summed E-state index contributed by atoms with van der Waals surface area (Å²) >= 11 is 0. The maximum Gasteiger partial charge on any atom is 0.118 e. The first-order valence-electron chi connectivity index (χ1n) is 4.68. The summed E-state index contributed by atoms with van der Waals surface area (Å²) in [6, 6.07) is 5.73. The summed E-state index contributed by atoms with van der Waals surface area (Å²) in [7, 11) is 1.68. The summed E-state index contributed by atoms with van der Waals surface area (Å²) in [5.74, 6) is 0.329. The second-order valence-electron chi connectivity index (χ2n) is 3.50. The van der Waals surface area contributed by atoms with Crippen LogP contribution in [0.15, 0.2) is 18.2 Å². The standard InChI is InChI=1S/C11H17NO2/c1-8-6-10(4-5-11(8)13)12-9(2)7-14-3/h4-6,9,12-13H,7H2,1-3H3. The van der Waals surface area contributed by atoms with Crippen molar-refractivity contribution in [3.05, 3.63) is 23.8 Å². The van der Waals surface area contributed by atoms with Gasteiger partial charge in [-0.2, -0.15) is 0 Å². The normalized spacial score (nSPS) is 12.5. The highest BCUT2D eigenvalue weighted by molar-refractivity contribution is 5.50. The molecule has 0 radical (unpaired) electrons. The summed E-state index contributed by atoms with van der Waals surface area (Å²) < 4.78 is 5.02. The van der Waals surface area contributed by atoms with E-state index in [1.54, 1.807) is 13.2 Å². The first-order chi connectivity index (χ1) is 6.63. The average molecular weight is 195 g/mol. The van der Waals surface area contributed by atoms with Crippen molar-refractivity contribution in [2.75, 3.05) is 19.0 Å². The van der Waals surface area contributed by atoms with Crippen LogP contribution in [0.25, 0.3) is 0 Å². The van der Waals surface area contributed by atoms with Crippen LogP contribution in [-0.4, -0.2) is 24.9 Å². The van der Waals surface area contributed by atoms with Gasteiger partial charge in [-0.05, 0) is 37.6 Å². The van der Waals surface area contributed by atoms with Crippen molar-refractivity contribution in [1.29, 1.82) is 0 Å². The number of aromatic hydroxyl groups is 1. The quantitative estimate of drug-likeness (QED) is 0.723. The van der Waals surface area contributed by atoms with Gasteiger partial charge in [0.05, 0.1) is 6.61 Å². The first-order valence-corrected chi connectivity index (χ1v) is 4.68. The molecule has 0 saturated heterocycles. The minimum atomic E-state index is 0.268. The molecule has 0 aliphatic carbocycles. The van der Waals surface area contributed by atoms with E-state index in [0.29, 0.717) is 12.4 Å². The molecule has 1 atom stereocenters. The highest BCUT2D eigenvalue weighted by Gasteiger charge is 2.02. The zero-order chi connectivity index (χ0) is 10.6. The van der Waals surface area contributed by atoms with E-state index < -0.39 is 0 Å². The van der Waals surface area contributed by atoms with E-state index in [2.05, 4.69) is 5.32 Å². The third-order valence-electron chi connectivity index (χ3n) is 2.03. The number of ether oxygens (including phenoxy) is 1. The van der Waals surface area contributed by atoms with Crippen molar-refractivity contribution in [2.45, 2.75) is 19.9 Å². The predicted octanol–water partition coefficient (Wildman–Crippen LogP) is 2.15. The van der Waals surface area contributed by atoms with Gasteiger partial charge < -0.3 is 15.2 Å². The monoisotopic (exact) mass is 195 g/mol. The topological polar surface area (TPSA) is 41.5 Å². The number of hydrogen-bond donors (Lipinski definition) is 2. The van der Waals surface area contributed by atoms with E-state index in [-0.39, 0.29) is 6.04 Å². The van der Waals surface area contributed by atoms with Gasteiger partial charge in [-0.3, -0.25) is 0 Å². The summed E-state index contributed by atoms with van der Waals surface area (Å²) in [6.07, 6.45) is 0. The van der Waals surface area contributed by atoms with E-state index >= 15 is 0 Å². The molecular weight excluding hydrogens is 178 g/mol. The molecule has 0 aliphatic rings. The molecule has 0 heterocycles. The molecule has 2 N–H and O–H groups in total. The Morgan fingerprint density at radius 2 is 2.21 bits per heavy atom. The van der Waals surface area contributed by atoms with Gasteiger partial charge in [0.1, 0.15) is 5.75 Å². The number of anilines is 1. The third-order valence-corrected chi connectivity index (χ3v) is 2.03. The molecule has 0 fully saturated rings. The van der Waals surface area contributed by atoms with Crippen LogP contribution < -0.4 is 5.32 Å². The fourth-order valence-corrected chi connectivity index (χ4v) is 1.32. The number of nitrogens with one attached hydrogen (secondary N) is 1. The summed E-state index contributed by atoms with van der Waals surface area (Å²) in [6.45, 7) is 4.59. The van der Waals surface area contributed by atoms with E-state index in [0.717, 1.165) is 11.3 Å². The van der Waals surface area contributed by atoms with Crippen LogP contribution in [0.1, 0.15) is 12.5 Å². The van der Waals surface area contributed by atoms with Gasteiger partial charge in [0.15, 0.2) is 0 Å². The molecule has 0 aliphatic heterocycles. The molecule has 1 aromatic carbocycles. The Kier molecular flexibility index (Phi) is 3.77. The van der Waals surface area contributed by atoms with Crippen LogP contribution in [0, 0.1) is 6.92 Å². The molecule has 0 aromatic heterocycles. The lowest BCUT2D eigenvalue weighted by Gasteiger charge is -2.14. The molecule has 1 unspecified atom stereocenters. The van der Waals surface area contributed by atoms with Crippen LogP contribution in [0.2, 0.25) is 0 Å². The smallest absolute Gasteiger partial charge is 0.118 e. The molecule has 3 heteroatoms. The van der Waals surface area contributed by atoms with E-state index in [1.807, 2.05) is 26.0 Å². The number of methoxy groups -OCH3 is 1. The number of aryl methyl sites for hydroxylation is 1. The lowest BCUT2D eigenvalue weighted by Crippen LogP contribution is -2.20. The first kappa shape index (κ1) is 10.9. The van der Waals surface area contributed by atoms with Crippen molar-refractivity contribution >= 4 is 5.69 Å². The van der Waals surface area contributed by atoms with Crippen LogP contribution >= 0.6 is 0 Å². The summed E-state index contributed by atoms with van der Waals surface area (Å²) in [5, 5.41) is 12.6. The van der Waals surface area contributed by atoms with Gasteiger partial charge in [-0.15, -0.1) is 0 Å². The molecule has 0 saturated carbocycles. The lowest BCUT2D eigenvalue weighted by atomic mass is 10.2. The van der Waals surface area contributed by atoms with Crippen LogP contribution in [-0.2, 0) is 4.74 Å². The maximum atomic E-state index is 9.33. The Balaban J connectivity index is 2.63. The van der Waals surface area contributed by atoms with Crippen molar-refractivity contribution in [2.24, 2.45) is 0 Å².